The van der Waals surface area contributed by atoms with Gasteiger partial charge in [0.15, 0.2) is 11.7 Å². The van der Waals surface area contributed by atoms with Crippen LogP contribution in [0.3, 0.4) is 0 Å². The molecule has 0 aliphatic carbocycles. The zero-order valence-corrected chi connectivity index (χ0v) is 16.6. The van der Waals surface area contributed by atoms with E-state index in [0.717, 1.165) is 12.8 Å². The standard InChI is InChI=1S/C18H24FN3O2.2ClH/c1-3-18(20,4-2)12-22-16(23)9-10-17-21-11-15(24-17)13-7-5-6-8-14(13)19;;/h5-8,11H,3-4,9-10,12,20H2,1-2H3,(H,22,23);2*1H. The number of aryl methyl sites for hydroxylation is 1. The third-order valence-electron chi connectivity index (χ3n) is 4.30. The molecule has 0 radical (unpaired) electrons. The van der Waals surface area contributed by atoms with E-state index < -0.39 is 0 Å². The van der Waals surface area contributed by atoms with Gasteiger partial charge in [0.05, 0.1) is 11.8 Å². The molecule has 2 aromatic rings. The topological polar surface area (TPSA) is 81.1 Å². The number of carbonyl (C=O) groups is 1. The number of halogens is 3. The number of nitrogens with zero attached hydrogens (tertiary/aromatic N) is 1. The molecule has 1 heterocycles. The van der Waals surface area contributed by atoms with Crippen LogP contribution in [0.2, 0.25) is 0 Å². The van der Waals surface area contributed by atoms with Crippen LogP contribution < -0.4 is 11.1 Å². The van der Waals surface area contributed by atoms with Crippen molar-refractivity contribution >= 4 is 30.7 Å². The number of rotatable bonds is 8. The van der Waals surface area contributed by atoms with Crippen LogP contribution >= 0.6 is 24.8 Å². The molecule has 0 saturated heterocycles. The first-order valence-electron chi connectivity index (χ1n) is 8.22. The van der Waals surface area contributed by atoms with Gasteiger partial charge in [0.1, 0.15) is 5.82 Å². The smallest absolute Gasteiger partial charge is 0.220 e. The SMILES string of the molecule is CCC(N)(CC)CNC(=O)CCc1ncc(-c2ccccc2F)o1.Cl.Cl. The van der Waals surface area contributed by atoms with Gasteiger partial charge in [0.25, 0.3) is 0 Å². The maximum absolute atomic E-state index is 13.7. The Balaban J connectivity index is 0.00000312. The Hall–Kier alpha value is -1.63. The van der Waals surface area contributed by atoms with Crippen LogP contribution in [0.15, 0.2) is 34.9 Å². The van der Waals surface area contributed by atoms with E-state index in [1.807, 2.05) is 13.8 Å². The molecule has 1 amide bonds. The molecule has 0 aliphatic heterocycles. The van der Waals surface area contributed by atoms with Gasteiger partial charge in [-0.25, -0.2) is 9.37 Å². The van der Waals surface area contributed by atoms with Crippen molar-refractivity contribution in [3.05, 3.63) is 42.2 Å². The number of oxazole rings is 1. The van der Waals surface area contributed by atoms with Gasteiger partial charge in [-0.3, -0.25) is 4.79 Å². The molecule has 1 aromatic carbocycles. The Kier molecular flexibility index (Phi) is 10.5. The minimum atomic E-state index is -0.364. The molecule has 3 N–H and O–H groups in total. The number of nitrogens with one attached hydrogen (secondary N) is 1. The van der Waals surface area contributed by atoms with Crippen molar-refractivity contribution in [3.63, 3.8) is 0 Å². The highest BCUT2D eigenvalue weighted by Gasteiger charge is 2.21. The lowest BCUT2D eigenvalue weighted by atomic mass is 9.94. The Bertz CT molecular complexity index is 691. The third-order valence-corrected chi connectivity index (χ3v) is 4.30. The van der Waals surface area contributed by atoms with Crippen LogP contribution in [0.4, 0.5) is 4.39 Å². The van der Waals surface area contributed by atoms with Crippen molar-refractivity contribution in [1.82, 2.24) is 10.3 Å². The van der Waals surface area contributed by atoms with Gasteiger partial charge in [0, 0.05) is 24.9 Å². The Morgan fingerprint density at radius 2 is 1.92 bits per heavy atom. The maximum atomic E-state index is 13.7. The second-order valence-corrected chi connectivity index (χ2v) is 5.94. The lowest BCUT2D eigenvalue weighted by Gasteiger charge is -2.26. The average Bonchev–Trinajstić information content (AvgIpc) is 3.07. The first kappa shape index (κ1) is 24.4. The number of nitrogens with two attached hydrogens (primary N) is 1. The lowest BCUT2D eigenvalue weighted by Crippen LogP contribution is -2.49. The van der Waals surface area contributed by atoms with E-state index in [2.05, 4.69) is 10.3 Å². The fourth-order valence-corrected chi connectivity index (χ4v) is 2.29. The molecule has 1 aromatic heterocycles. The van der Waals surface area contributed by atoms with E-state index in [1.165, 1.54) is 12.3 Å². The predicted molar refractivity (Wildman–Crippen MR) is 105 cm³/mol. The van der Waals surface area contributed by atoms with Crippen LogP contribution in [-0.2, 0) is 11.2 Å². The first-order valence-corrected chi connectivity index (χ1v) is 8.22. The van der Waals surface area contributed by atoms with Crippen LogP contribution in [-0.4, -0.2) is 23.0 Å². The maximum Gasteiger partial charge on any atom is 0.220 e. The predicted octanol–water partition coefficient (Wildman–Crippen LogP) is 3.89. The molecule has 5 nitrogen and oxygen atoms in total. The van der Waals surface area contributed by atoms with Crippen LogP contribution in [0.1, 0.15) is 39.0 Å². The highest BCUT2D eigenvalue weighted by molar-refractivity contribution is 5.85. The second-order valence-electron chi connectivity index (χ2n) is 5.94. The summed E-state index contributed by atoms with van der Waals surface area (Å²) in [4.78, 5) is 16.0. The number of hydrogen-bond acceptors (Lipinski definition) is 4. The monoisotopic (exact) mass is 405 g/mol. The summed E-state index contributed by atoms with van der Waals surface area (Å²) in [6, 6.07) is 6.34. The van der Waals surface area contributed by atoms with Gasteiger partial charge in [-0.05, 0) is 25.0 Å². The van der Waals surface area contributed by atoms with Gasteiger partial charge < -0.3 is 15.5 Å². The van der Waals surface area contributed by atoms with Gasteiger partial charge in [-0.1, -0.05) is 26.0 Å². The van der Waals surface area contributed by atoms with E-state index in [-0.39, 0.29) is 48.5 Å². The van der Waals surface area contributed by atoms with Crippen molar-refractivity contribution in [2.75, 3.05) is 6.54 Å². The van der Waals surface area contributed by atoms with Crippen molar-refractivity contribution < 1.29 is 13.6 Å². The van der Waals surface area contributed by atoms with E-state index in [1.54, 1.807) is 18.2 Å². The van der Waals surface area contributed by atoms with Crippen LogP contribution in [0, 0.1) is 5.82 Å². The minimum absolute atomic E-state index is 0. The molecular weight excluding hydrogens is 380 g/mol. The number of aromatic nitrogens is 1. The zero-order chi connectivity index (χ0) is 17.6. The summed E-state index contributed by atoms with van der Waals surface area (Å²) in [5, 5.41) is 2.85. The van der Waals surface area contributed by atoms with Crippen LogP contribution in [0.5, 0.6) is 0 Å². The minimum Gasteiger partial charge on any atom is -0.441 e. The summed E-state index contributed by atoms with van der Waals surface area (Å²) >= 11 is 0. The van der Waals surface area contributed by atoms with Gasteiger partial charge in [0.2, 0.25) is 5.91 Å². The number of amides is 1. The molecule has 0 spiro atoms. The van der Waals surface area contributed by atoms with Gasteiger partial charge in [-0.15, -0.1) is 24.8 Å². The number of benzene rings is 1. The van der Waals surface area contributed by atoms with Crippen molar-refractivity contribution in [3.8, 4) is 11.3 Å². The zero-order valence-electron chi connectivity index (χ0n) is 15.0. The molecule has 0 bridgehead atoms. The summed E-state index contributed by atoms with van der Waals surface area (Å²) < 4.78 is 19.2. The van der Waals surface area contributed by atoms with E-state index in [9.17, 15) is 9.18 Å². The van der Waals surface area contributed by atoms with Gasteiger partial charge in [-0.2, -0.15) is 0 Å². The van der Waals surface area contributed by atoms with E-state index >= 15 is 0 Å². The van der Waals surface area contributed by atoms with E-state index in [4.69, 9.17) is 10.2 Å². The fraction of sp³-hybridized carbons (Fsp3) is 0.444. The molecule has 8 heteroatoms. The molecule has 2 rings (SSSR count). The Morgan fingerprint density at radius 1 is 1.27 bits per heavy atom. The van der Waals surface area contributed by atoms with E-state index in [0.29, 0.717) is 30.2 Å². The third kappa shape index (κ3) is 6.59. The molecular formula is C18H26Cl2FN3O2. The average molecular weight is 406 g/mol. The molecule has 0 fully saturated rings. The van der Waals surface area contributed by atoms with Gasteiger partial charge >= 0.3 is 0 Å². The molecule has 0 aliphatic rings. The summed E-state index contributed by atoms with van der Waals surface area (Å²) in [6.45, 7) is 4.46. The van der Waals surface area contributed by atoms with Crippen molar-refractivity contribution in [2.24, 2.45) is 5.73 Å². The highest BCUT2D eigenvalue weighted by atomic mass is 35.5. The Labute approximate surface area is 165 Å². The molecule has 146 valence electrons. The Morgan fingerprint density at radius 3 is 2.54 bits per heavy atom. The first-order chi connectivity index (χ1) is 11.5. The summed E-state index contributed by atoms with van der Waals surface area (Å²) in [5.74, 6) is 0.309. The molecule has 0 unspecified atom stereocenters. The molecule has 26 heavy (non-hydrogen) atoms. The summed E-state index contributed by atoms with van der Waals surface area (Å²) in [7, 11) is 0. The normalized spacial score (nSPS) is 10.6. The fourth-order valence-electron chi connectivity index (χ4n) is 2.29. The molecule has 0 saturated carbocycles. The van der Waals surface area contributed by atoms with Crippen LogP contribution in [0.25, 0.3) is 11.3 Å². The number of carbonyl (C=O) groups excluding carboxylic acids is 1. The second kappa shape index (κ2) is 11.2. The van der Waals surface area contributed by atoms with Crippen molar-refractivity contribution in [1.29, 1.82) is 0 Å². The number of hydrogen-bond donors (Lipinski definition) is 2. The van der Waals surface area contributed by atoms with Crippen molar-refractivity contribution in [2.45, 2.75) is 45.1 Å². The quantitative estimate of drug-likeness (QED) is 0.697. The largest absolute Gasteiger partial charge is 0.441 e. The summed E-state index contributed by atoms with van der Waals surface area (Å²) in [5.41, 5.74) is 6.15. The summed E-state index contributed by atoms with van der Waals surface area (Å²) in [6.07, 6.45) is 3.69. The lowest BCUT2D eigenvalue weighted by molar-refractivity contribution is -0.121. The molecule has 0 atom stereocenters. The highest BCUT2D eigenvalue weighted by Crippen LogP contribution is 2.23.